The maximum atomic E-state index is 6.19. The van der Waals surface area contributed by atoms with Crippen molar-refractivity contribution in [3.8, 4) is 11.5 Å². The second kappa shape index (κ2) is 5.98. The molecule has 1 fully saturated rings. The van der Waals surface area contributed by atoms with Crippen LogP contribution in [0.15, 0.2) is 24.4 Å². The van der Waals surface area contributed by atoms with Crippen molar-refractivity contribution < 1.29 is 9.47 Å². The van der Waals surface area contributed by atoms with Crippen LogP contribution in [0.2, 0.25) is 0 Å². The molecule has 5 heteroatoms. The van der Waals surface area contributed by atoms with Crippen LogP contribution in [-0.4, -0.2) is 37.7 Å². The van der Waals surface area contributed by atoms with Gasteiger partial charge in [-0.3, -0.25) is 0 Å². The third kappa shape index (κ3) is 2.72. The maximum Gasteiger partial charge on any atom is 0.161 e. The van der Waals surface area contributed by atoms with Gasteiger partial charge in [-0.05, 0) is 36.4 Å². The van der Waals surface area contributed by atoms with E-state index in [-0.39, 0.29) is 5.38 Å². The average Bonchev–Trinajstić information content (AvgIpc) is 2.53. The van der Waals surface area contributed by atoms with E-state index < -0.39 is 0 Å². The number of rotatable bonds is 3. The number of anilines is 1. The van der Waals surface area contributed by atoms with Crippen LogP contribution in [0.25, 0.3) is 10.8 Å². The molecule has 0 saturated carbocycles. The minimum atomic E-state index is 0.283. The molecule has 0 bridgehead atoms. The fraction of sp³-hybridized carbons (Fsp3) is 0.438. The molecule has 2 heterocycles. The standard InChI is InChI=1S/C16H19ClN2O2/c1-20-14-9-11-3-6-18-16(13(11)10-15(14)21-2)19-7-4-12(17)5-8-19/h3,6,9-10,12H,4-5,7-8H2,1-2H3. The predicted molar refractivity (Wildman–Crippen MR) is 85.9 cm³/mol. The Hall–Kier alpha value is -1.68. The minimum absolute atomic E-state index is 0.283. The first kappa shape index (κ1) is 14.3. The van der Waals surface area contributed by atoms with Crippen LogP contribution in [0.3, 0.4) is 0 Å². The van der Waals surface area contributed by atoms with E-state index in [1.807, 2.05) is 24.4 Å². The number of fused-ring (bicyclic) bond motifs is 1. The number of nitrogens with zero attached hydrogens (tertiary/aromatic N) is 2. The van der Waals surface area contributed by atoms with Crippen LogP contribution in [0.4, 0.5) is 5.82 Å². The van der Waals surface area contributed by atoms with Gasteiger partial charge in [0.25, 0.3) is 0 Å². The van der Waals surface area contributed by atoms with Gasteiger partial charge in [0.1, 0.15) is 5.82 Å². The zero-order chi connectivity index (χ0) is 14.8. The summed E-state index contributed by atoms with van der Waals surface area (Å²) in [4.78, 5) is 6.87. The van der Waals surface area contributed by atoms with Gasteiger partial charge in [-0.2, -0.15) is 0 Å². The topological polar surface area (TPSA) is 34.6 Å². The number of halogens is 1. The van der Waals surface area contributed by atoms with E-state index in [0.717, 1.165) is 54.0 Å². The molecule has 0 radical (unpaired) electrons. The molecule has 0 spiro atoms. The lowest BCUT2D eigenvalue weighted by Crippen LogP contribution is -2.34. The summed E-state index contributed by atoms with van der Waals surface area (Å²) in [7, 11) is 3.30. The Kier molecular flexibility index (Phi) is 4.06. The van der Waals surface area contributed by atoms with Crippen molar-refractivity contribution in [1.82, 2.24) is 4.98 Å². The largest absolute Gasteiger partial charge is 0.493 e. The van der Waals surface area contributed by atoms with Gasteiger partial charge >= 0.3 is 0 Å². The highest BCUT2D eigenvalue weighted by Gasteiger charge is 2.20. The molecule has 4 nitrogen and oxygen atoms in total. The van der Waals surface area contributed by atoms with E-state index >= 15 is 0 Å². The molecule has 0 aliphatic carbocycles. The lowest BCUT2D eigenvalue weighted by atomic mass is 10.1. The number of methoxy groups -OCH3 is 2. The van der Waals surface area contributed by atoms with Crippen molar-refractivity contribution in [2.24, 2.45) is 0 Å². The fourth-order valence-corrected chi connectivity index (χ4v) is 2.99. The second-order valence-electron chi connectivity index (χ2n) is 5.22. The summed E-state index contributed by atoms with van der Waals surface area (Å²) in [6, 6.07) is 5.99. The quantitative estimate of drug-likeness (QED) is 0.813. The van der Waals surface area contributed by atoms with Gasteiger partial charge in [0, 0.05) is 30.0 Å². The second-order valence-corrected chi connectivity index (χ2v) is 5.84. The molecule has 0 unspecified atom stereocenters. The third-order valence-electron chi connectivity index (χ3n) is 3.97. The Balaban J connectivity index is 2.06. The maximum absolute atomic E-state index is 6.19. The summed E-state index contributed by atoms with van der Waals surface area (Å²) in [5.74, 6) is 2.46. The SMILES string of the molecule is COc1cc2ccnc(N3CCC(Cl)CC3)c2cc1OC. The van der Waals surface area contributed by atoms with E-state index in [1.165, 1.54) is 0 Å². The number of hydrogen-bond donors (Lipinski definition) is 0. The Morgan fingerprint density at radius 3 is 2.48 bits per heavy atom. The summed E-state index contributed by atoms with van der Waals surface area (Å²) in [5.41, 5.74) is 0. The number of ether oxygens (including phenoxy) is 2. The van der Waals surface area contributed by atoms with Crippen LogP contribution in [0.5, 0.6) is 11.5 Å². The lowest BCUT2D eigenvalue weighted by molar-refractivity contribution is 0.356. The van der Waals surface area contributed by atoms with Crippen molar-refractivity contribution in [3.63, 3.8) is 0 Å². The van der Waals surface area contributed by atoms with Crippen LogP contribution < -0.4 is 14.4 Å². The first-order valence-corrected chi connectivity index (χ1v) is 7.56. The molecule has 0 amide bonds. The summed E-state index contributed by atoms with van der Waals surface area (Å²) in [6.45, 7) is 1.88. The molecule has 1 aliphatic heterocycles. The first-order valence-electron chi connectivity index (χ1n) is 7.12. The van der Waals surface area contributed by atoms with Gasteiger partial charge in [0.15, 0.2) is 11.5 Å². The van der Waals surface area contributed by atoms with E-state index in [4.69, 9.17) is 21.1 Å². The van der Waals surface area contributed by atoms with Crippen molar-refractivity contribution >= 4 is 28.2 Å². The molecule has 3 rings (SSSR count). The highest BCUT2D eigenvalue weighted by atomic mass is 35.5. The number of piperidine rings is 1. The Bertz CT molecular complexity index is 639. The predicted octanol–water partition coefficient (Wildman–Crippen LogP) is 3.46. The molecular formula is C16H19ClN2O2. The Morgan fingerprint density at radius 1 is 1.14 bits per heavy atom. The van der Waals surface area contributed by atoms with Gasteiger partial charge in [-0.1, -0.05) is 0 Å². The van der Waals surface area contributed by atoms with E-state index in [9.17, 15) is 0 Å². The number of pyridine rings is 1. The Labute approximate surface area is 129 Å². The van der Waals surface area contributed by atoms with Crippen molar-refractivity contribution in [1.29, 1.82) is 0 Å². The Morgan fingerprint density at radius 2 is 1.81 bits per heavy atom. The van der Waals surface area contributed by atoms with Gasteiger partial charge in [0.05, 0.1) is 14.2 Å². The third-order valence-corrected chi connectivity index (χ3v) is 4.41. The van der Waals surface area contributed by atoms with Crippen LogP contribution in [0.1, 0.15) is 12.8 Å². The van der Waals surface area contributed by atoms with Gasteiger partial charge < -0.3 is 14.4 Å². The van der Waals surface area contributed by atoms with Crippen LogP contribution in [-0.2, 0) is 0 Å². The van der Waals surface area contributed by atoms with Gasteiger partial charge in [-0.25, -0.2) is 4.98 Å². The molecule has 0 N–H and O–H groups in total. The molecule has 112 valence electrons. The molecular weight excluding hydrogens is 288 g/mol. The average molecular weight is 307 g/mol. The number of alkyl halides is 1. The van der Waals surface area contributed by atoms with Gasteiger partial charge in [-0.15, -0.1) is 11.6 Å². The number of aromatic nitrogens is 1. The van der Waals surface area contributed by atoms with Crippen molar-refractivity contribution in [2.45, 2.75) is 18.2 Å². The van der Waals surface area contributed by atoms with Gasteiger partial charge in [0.2, 0.25) is 0 Å². The number of benzene rings is 1. The van der Waals surface area contributed by atoms with Crippen LogP contribution in [0, 0.1) is 0 Å². The van der Waals surface area contributed by atoms with Crippen LogP contribution >= 0.6 is 11.6 Å². The number of hydrogen-bond acceptors (Lipinski definition) is 4. The normalized spacial score (nSPS) is 16.2. The molecule has 21 heavy (non-hydrogen) atoms. The van der Waals surface area contributed by atoms with E-state index in [2.05, 4.69) is 9.88 Å². The monoisotopic (exact) mass is 306 g/mol. The van der Waals surface area contributed by atoms with Crippen molar-refractivity contribution in [3.05, 3.63) is 24.4 Å². The molecule has 2 aromatic rings. The van der Waals surface area contributed by atoms with E-state index in [1.54, 1.807) is 14.2 Å². The van der Waals surface area contributed by atoms with Crippen molar-refractivity contribution in [2.75, 3.05) is 32.2 Å². The van der Waals surface area contributed by atoms with E-state index in [0.29, 0.717) is 0 Å². The summed E-state index contributed by atoms with van der Waals surface area (Å²) >= 11 is 6.19. The lowest BCUT2D eigenvalue weighted by Gasteiger charge is -2.31. The molecule has 1 aliphatic rings. The fourth-order valence-electron chi connectivity index (χ4n) is 2.80. The summed E-state index contributed by atoms with van der Waals surface area (Å²) in [5, 5.41) is 2.47. The smallest absolute Gasteiger partial charge is 0.161 e. The highest BCUT2D eigenvalue weighted by Crippen LogP contribution is 2.36. The molecule has 0 atom stereocenters. The minimum Gasteiger partial charge on any atom is -0.493 e. The summed E-state index contributed by atoms with van der Waals surface area (Å²) < 4.78 is 10.8. The molecule has 1 saturated heterocycles. The first-order chi connectivity index (χ1) is 10.2. The molecule has 1 aromatic heterocycles. The summed E-state index contributed by atoms with van der Waals surface area (Å²) in [6.07, 6.45) is 3.83. The highest BCUT2D eigenvalue weighted by molar-refractivity contribution is 6.20. The molecule has 1 aromatic carbocycles. The zero-order valence-corrected chi connectivity index (χ0v) is 13.1. The zero-order valence-electron chi connectivity index (χ0n) is 12.3.